The van der Waals surface area contributed by atoms with Crippen LogP contribution >= 0.6 is 23.1 Å². The lowest BCUT2D eigenvalue weighted by Gasteiger charge is -2.22. The highest BCUT2D eigenvalue weighted by atomic mass is 32.2. The maximum absolute atomic E-state index is 12.1. The van der Waals surface area contributed by atoms with Crippen molar-refractivity contribution in [1.29, 1.82) is 0 Å². The summed E-state index contributed by atoms with van der Waals surface area (Å²) in [5.41, 5.74) is 1.95. The lowest BCUT2D eigenvalue weighted by Crippen LogP contribution is -2.37. The second-order valence-electron chi connectivity index (χ2n) is 6.35. The van der Waals surface area contributed by atoms with Crippen molar-refractivity contribution < 1.29 is 9.59 Å². The molecular formula is C18H22N2O2S2. The van der Waals surface area contributed by atoms with Crippen molar-refractivity contribution in [3.8, 4) is 0 Å². The number of carbonyl (C=O) groups excluding carboxylic acids is 2. The molecule has 1 N–H and O–H groups in total. The van der Waals surface area contributed by atoms with Crippen molar-refractivity contribution >= 4 is 45.0 Å². The molecule has 1 heterocycles. The van der Waals surface area contributed by atoms with Gasteiger partial charge in [0.1, 0.15) is 5.78 Å². The van der Waals surface area contributed by atoms with E-state index < -0.39 is 0 Å². The number of nitrogens with zero attached hydrogens (tertiary/aromatic N) is 1. The Labute approximate surface area is 150 Å². The van der Waals surface area contributed by atoms with Gasteiger partial charge >= 0.3 is 0 Å². The summed E-state index contributed by atoms with van der Waals surface area (Å²) in [4.78, 5) is 27.9. The Balaban J connectivity index is 1.56. The van der Waals surface area contributed by atoms with Crippen molar-refractivity contribution in [2.45, 2.75) is 55.8 Å². The van der Waals surface area contributed by atoms with Crippen molar-refractivity contribution in [3.05, 3.63) is 23.8 Å². The highest BCUT2D eigenvalue weighted by Gasteiger charge is 2.16. The van der Waals surface area contributed by atoms with Gasteiger partial charge in [-0.1, -0.05) is 37.1 Å². The van der Waals surface area contributed by atoms with E-state index in [-0.39, 0.29) is 11.7 Å². The molecule has 6 heteroatoms. The zero-order valence-corrected chi connectivity index (χ0v) is 15.5. The quantitative estimate of drug-likeness (QED) is 0.790. The Hall–Kier alpha value is -1.40. The van der Waals surface area contributed by atoms with E-state index in [4.69, 9.17) is 0 Å². The summed E-state index contributed by atoms with van der Waals surface area (Å²) in [6, 6.07) is 6.29. The molecule has 0 radical (unpaired) electrons. The number of aromatic nitrogens is 1. The summed E-state index contributed by atoms with van der Waals surface area (Å²) in [5.74, 6) is 0.674. The van der Waals surface area contributed by atoms with Crippen molar-refractivity contribution in [1.82, 2.24) is 10.3 Å². The molecular weight excluding hydrogens is 340 g/mol. The normalized spacial score (nSPS) is 15.5. The topological polar surface area (TPSA) is 59.1 Å². The second-order valence-corrected chi connectivity index (χ2v) is 8.60. The predicted octanol–water partition coefficient (Wildman–Crippen LogP) is 3.97. The summed E-state index contributed by atoms with van der Waals surface area (Å²) in [7, 11) is 0. The van der Waals surface area contributed by atoms with Crippen LogP contribution in [0.3, 0.4) is 0 Å². The molecule has 0 unspecified atom stereocenters. The fourth-order valence-electron chi connectivity index (χ4n) is 3.05. The van der Waals surface area contributed by atoms with E-state index in [9.17, 15) is 9.59 Å². The summed E-state index contributed by atoms with van der Waals surface area (Å²) in [6.45, 7) is 1.60. The highest BCUT2D eigenvalue weighted by Crippen LogP contribution is 2.30. The van der Waals surface area contributed by atoms with Crippen LogP contribution in [0.4, 0.5) is 0 Å². The van der Waals surface area contributed by atoms with Crippen LogP contribution in [0.5, 0.6) is 0 Å². The fourth-order valence-corrected chi connectivity index (χ4v) is 4.99. The summed E-state index contributed by atoms with van der Waals surface area (Å²) >= 11 is 3.08. The Morgan fingerprint density at radius 2 is 2.08 bits per heavy atom. The standard InChI is InChI=1S/C18H22N2O2S2/c1-12(21)9-13-7-8-15-16(10-13)24-18(20-15)23-11-17(22)19-14-5-3-2-4-6-14/h7-8,10,14H,2-6,9,11H2,1H3,(H,19,22). The van der Waals surface area contributed by atoms with Gasteiger partial charge < -0.3 is 5.32 Å². The molecule has 1 aromatic carbocycles. The van der Waals surface area contributed by atoms with E-state index in [1.807, 2.05) is 18.2 Å². The number of thiazole rings is 1. The first-order chi connectivity index (χ1) is 11.6. The SMILES string of the molecule is CC(=O)Cc1ccc2nc(SCC(=O)NC3CCCCC3)sc2c1. The minimum absolute atomic E-state index is 0.100. The van der Waals surface area contributed by atoms with Gasteiger partial charge in [-0.15, -0.1) is 11.3 Å². The summed E-state index contributed by atoms with van der Waals surface area (Å²) in [6.07, 6.45) is 6.41. The molecule has 1 amide bonds. The van der Waals surface area contributed by atoms with Crippen LogP contribution in [0.2, 0.25) is 0 Å². The minimum atomic E-state index is 0.100. The van der Waals surface area contributed by atoms with E-state index in [2.05, 4.69) is 10.3 Å². The van der Waals surface area contributed by atoms with E-state index in [1.165, 1.54) is 31.0 Å². The van der Waals surface area contributed by atoms with Crippen LogP contribution in [0.1, 0.15) is 44.6 Å². The average molecular weight is 363 g/mol. The summed E-state index contributed by atoms with van der Waals surface area (Å²) < 4.78 is 1.98. The van der Waals surface area contributed by atoms with Crippen LogP contribution in [0, 0.1) is 0 Å². The molecule has 4 nitrogen and oxygen atoms in total. The Kier molecular flexibility index (Phi) is 5.89. The molecule has 0 atom stereocenters. The third-order valence-electron chi connectivity index (χ3n) is 4.18. The van der Waals surface area contributed by atoms with Crippen molar-refractivity contribution in [2.24, 2.45) is 0 Å². The number of carbonyl (C=O) groups is 2. The maximum Gasteiger partial charge on any atom is 0.230 e. The number of Topliss-reactive ketones (excluding diaryl/α,β-unsaturated/α-hetero) is 1. The molecule has 1 aliphatic rings. The van der Waals surface area contributed by atoms with Gasteiger partial charge in [-0.05, 0) is 37.5 Å². The van der Waals surface area contributed by atoms with Crippen molar-refractivity contribution in [3.63, 3.8) is 0 Å². The molecule has 2 aromatic rings. The molecule has 0 saturated heterocycles. The number of amides is 1. The van der Waals surface area contributed by atoms with Gasteiger partial charge in [0.05, 0.1) is 16.0 Å². The van der Waals surface area contributed by atoms with Gasteiger partial charge in [-0.2, -0.15) is 0 Å². The molecule has 3 rings (SSSR count). The fraction of sp³-hybridized carbons (Fsp3) is 0.500. The van der Waals surface area contributed by atoms with E-state index in [0.29, 0.717) is 18.2 Å². The third kappa shape index (κ3) is 4.80. The van der Waals surface area contributed by atoms with Gasteiger partial charge in [0.2, 0.25) is 5.91 Å². The third-order valence-corrected chi connectivity index (χ3v) is 6.34. The Morgan fingerprint density at radius 1 is 1.29 bits per heavy atom. The van der Waals surface area contributed by atoms with Gasteiger partial charge in [-0.25, -0.2) is 4.98 Å². The molecule has 0 bridgehead atoms. The van der Waals surface area contributed by atoms with Crippen LogP contribution in [0.15, 0.2) is 22.5 Å². The molecule has 1 fully saturated rings. The second kappa shape index (κ2) is 8.12. The number of ketones is 1. The number of benzene rings is 1. The minimum Gasteiger partial charge on any atom is -0.353 e. The molecule has 1 aromatic heterocycles. The number of nitrogens with one attached hydrogen (secondary N) is 1. The zero-order chi connectivity index (χ0) is 16.9. The Bertz CT molecular complexity index is 736. The van der Waals surface area contributed by atoms with E-state index in [0.717, 1.165) is 33.0 Å². The van der Waals surface area contributed by atoms with Gasteiger partial charge in [-0.3, -0.25) is 9.59 Å². The number of rotatable bonds is 6. The molecule has 128 valence electrons. The van der Waals surface area contributed by atoms with Crippen LogP contribution in [-0.2, 0) is 16.0 Å². The lowest BCUT2D eigenvalue weighted by molar-refractivity contribution is -0.119. The monoisotopic (exact) mass is 362 g/mol. The van der Waals surface area contributed by atoms with E-state index in [1.54, 1.807) is 18.3 Å². The smallest absolute Gasteiger partial charge is 0.230 e. The maximum atomic E-state index is 12.1. The first kappa shape index (κ1) is 17.4. The van der Waals surface area contributed by atoms with Gasteiger partial charge in [0.25, 0.3) is 0 Å². The number of thioether (sulfide) groups is 1. The van der Waals surface area contributed by atoms with Crippen molar-refractivity contribution in [2.75, 3.05) is 5.75 Å². The number of hydrogen-bond donors (Lipinski definition) is 1. The molecule has 0 aliphatic heterocycles. The van der Waals surface area contributed by atoms with E-state index >= 15 is 0 Å². The summed E-state index contributed by atoms with van der Waals surface area (Å²) in [5, 5.41) is 3.13. The highest BCUT2D eigenvalue weighted by molar-refractivity contribution is 8.01. The number of hydrogen-bond acceptors (Lipinski definition) is 5. The average Bonchev–Trinajstić information content (AvgIpc) is 2.95. The van der Waals surface area contributed by atoms with Gasteiger partial charge in [0, 0.05) is 12.5 Å². The van der Waals surface area contributed by atoms with Crippen LogP contribution < -0.4 is 5.32 Å². The predicted molar refractivity (Wildman–Crippen MR) is 99.7 cm³/mol. The van der Waals surface area contributed by atoms with Crippen LogP contribution in [-0.4, -0.2) is 28.5 Å². The largest absolute Gasteiger partial charge is 0.353 e. The van der Waals surface area contributed by atoms with Crippen LogP contribution in [0.25, 0.3) is 10.2 Å². The zero-order valence-electron chi connectivity index (χ0n) is 13.8. The molecule has 1 saturated carbocycles. The van der Waals surface area contributed by atoms with Gasteiger partial charge in [0.15, 0.2) is 4.34 Å². The lowest BCUT2D eigenvalue weighted by atomic mass is 9.95. The molecule has 0 spiro atoms. The Morgan fingerprint density at radius 3 is 2.83 bits per heavy atom. The molecule has 24 heavy (non-hydrogen) atoms. The first-order valence-electron chi connectivity index (χ1n) is 8.41. The molecule has 1 aliphatic carbocycles. The first-order valence-corrected chi connectivity index (χ1v) is 10.2. The number of fused-ring (bicyclic) bond motifs is 1.